The van der Waals surface area contributed by atoms with Crippen molar-refractivity contribution < 1.29 is 9.59 Å². The second-order valence-corrected chi connectivity index (χ2v) is 7.60. The largest absolute Gasteiger partial charge is 0.328 e. The summed E-state index contributed by atoms with van der Waals surface area (Å²) in [4.78, 5) is 29.9. The van der Waals surface area contributed by atoms with E-state index in [9.17, 15) is 9.59 Å². The highest BCUT2D eigenvalue weighted by atomic mass is 16.2. The van der Waals surface area contributed by atoms with Crippen LogP contribution in [0.5, 0.6) is 0 Å². The standard InChI is InChI=1S/C23H26N2O2/c26-22-21(16-18-10-4-1-5-11-18)24(17-19-12-6-2-7-13-19)23(27)25(22)20-14-8-3-9-15-20/h1-2,4-7,10-13,20-21H,3,8-9,14-17H2/t21-/m1/s1. The van der Waals surface area contributed by atoms with E-state index in [1.807, 2.05) is 60.7 Å². The van der Waals surface area contributed by atoms with Crippen LogP contribution in [0.15, 0.2) is 60.7 Å². The highest BCUT2D eigenvalue weighted by Gasteiger charge is 2.47. The topological polar surface area (TPSA) is 40.6 Å². The fraction of sp³-hybridized carbons (Fsp3) is 0.391. The number of carbonyl (C=O) groups excluding carboxylic acids is 2. The van der Waals surface area contributed by atoms with E-state index < -0.39 is 6.04 Å². The molecule has 1 saturated carbocycles. The zero-order valence-corrected chi connectivity index (χ0v) is 15.6. The summed E-state index contributed by atoms with van der Waals surface area (Å²) in [6.07, 6.45) is 5.85. The lowest BCUT2D eigenvalue weighted by molar-refractivity contribution is -0.130. The van der Waals surface area contributed by atoms with Crippen LogP contribution in [0.2, 0.25) is 0 Å². The Hall–Kier alpha value is -2.62. The second kappa shape index (κ2) is 7.95. The van der Waals surface area contributed by atoms with Crippen molar-refractivity contribution in [2.45, 2.75) is 57.2 Å². The first kappa shape index (κ1) is 17.8. The summed E-state index contributed by atoms with van der Waals surface area (Å²) in [6.45, 7) is 0.478. The van der Waals surface area contributed by atoms with Crippen molar-refractivity contribution in [2.75, 3.05) is 0 Å². The molecule has 2 aliphatic rings. The minimum absolute atomic E-state index is 0.0216. The molecule has 0 unspecified atom stereocenters. The number of carbonyl (C=O) groups is 2. The Morgan fingerprint density at radius 2 is 1.37 bits per heavy atom. The Morgan fingerprint density at radius 1 is 0.778 bits per heavy atom. The maximum atomic E-state index is 13.3. The van der Waals surface area contributed by atoms with Gasteiger partial charge in [0.15, 0.2) is 0 Å². The number of amides is 3. The van der Waals surface area contributed by atoms with Gasteiger partial charge in [0, 0.05) is 19.0 Å². The maximum absolute atomic E-state index is 13.3. The molecule has 2 aromatic rings. The highest BCUT2D eigenvalue weighted by molar-refractivity contribution is 6.04. The van der Waals surface area contributed by atoms with Crippen molar-refractivity contribution >= 4 is 11.9 Å². The Labute approximate surface area is 160 Å². The van der Waals surface area contributed by atoms with E-state index >= 15 is 0 Å². The summed E-state index contributed by atoms with van der Waals surface area (Å²) >= 11 is 0. The summed E-state index contributed by atoms with van der Waals surface area (Å²) in [6, 6.07) is 19.5. The van der Waals surface area contributed by atoms with E-state index in [2.05, 4.69) is 0 Å². The lowest BCUT2D eigenvalue weighted by atomic mass is 9.94. The van der Waals surface area contributed by atoms with E-state index in [1.165, 1.54) is 6.42 Å². The molecular formula is C23H26N2O2. The van der Waals surface area contributed by atoms with Crippen molar-refractivity contribution in [1.82, 2.24) is 9.80 Å². The van der Waals surface area contributed by atoms with Gasteiger partial charge in [-0.2, -0.15) is 0 Å². The van der Waals surface area contributed by atoms with E-state index in [0.29, 0.717) is 13.0 Å². The molecule has 4 heteroatoms. The smallest absolute Gasteiger partial charge is 0.308 e. The molecule has 1 aliphatic heterocycles. The Bertz CT molecular complexity index is 725. The van der Waals surface area contributed by atoms with Gasteiger partial charge in [0.25, 0.3) is 5.91 Å². The number of benzene rings is 2. The molecule has 0 radical (unpaired) electrons. The van der Waals surface area contributed by atoms with E-state index in [-0.39, 0.29) is 18.0 Å². The molecule has 0 N–H and O–H groups in total. The van der Waals surface area contributed by atoms with Crippen molar-refractivity contribution in [3.8, 4) is 0 Å². The molecule has 140 valence electrons. The quantitative estimate of drug-likeness (QED) is 0.740. The summed E-state index contributed by atoms with van der Waals surface area (Å²) in [7, 11) is 0. The van der Waals surface area contributed by atoms with Crippen LogP contribution in [0.1, 0.15) is 43.2 Å². The van der Waals surface area contributed by atoms with Gasteiger partial charge in [-0.05, 0) is 24.0 Å². The van der Waals surface area contributed by atoms with Crippen molar-refractivity contribution in [2.24, 2.45) is 0 Å². The molecule has 2 fully saturated rings. The van der Waals surface area contributed by atoms with Crippen LogP contribution < -0.4 is 0 Å². The van der Waals surface area contributed by atoms with E-state index in [4.69, 9.17) is 0 Å². The van der Waals surface area contributed by atoms with Gasteiger partial charge in [-0.1, -0.05) is 79.9 Å². The minimum atomic E-state index is -0.415. The third-order valence-electron chi connectivity index (χ3n) is 5.76. The van der Waals surface area contributed by atoms with Crippen molar-refractivity contribution in [1.29, 1.82) is 0 Å². The third-order valence-corrected chi connectivity index (χ3v) is 5.76. The molecular weight excluding hydrogens is 336 g/mol. The Balaban J connectivity index is 1.61. The average molecular weight is 362 g/mol. The van der Waals surface area contributed by atoms with Crippen molar-refractivity contribution in [3.05, 3.63) is 71.8 Å². The van der Waals surface area contributed by atoms with Gasteiger partial charge in [0.2, 0.25) is 0 Å². The number of imide groups is 1. The van der Waals surface area contributed by atoms with E-state index in [1.54, 1.807) is 9.80 Å². The molecule has 1 heterocycles. The molecule has 27 heavy (non-hydrogen) atoms. The lowest BCUT2D eigenvalue weighted by Crippen LogP contribution is -2.42. The highest BCUT2D eigenvalue weighted by Crippen LogP contribution is 2.31. The number of rotatable bonds is 5. The van der Waals surface area contributed by atoms with Gasteiger partial charge in [-0.25, -0.2) is 4.79 Å². The molecule has 1 saturated heterocycles. The number of hydrogen-bond donors (Lipinski definition) is 0. The van der Waals surface area contributed by atoms with Crippen LogP contribution in [-0.2, 0) is 17.8 Å². The first-order chi connectivity index (χ1) is 13.2. The normalized spacial score (nSPS) is 21.1. The summed E-state index contributed by atoms with van der Waals surface area (Å²) in [5.74, 6) is -0.0216. The van der Waals surface area contributed by atoms with Gasteiger partial charge in [-0.15, -0.1) is 0 Å². The predicted molar refractivity (Wildman–Crippen MR) is 105 cm³/mol. The molecule has 0 aromatic heterocycles. The second-order valence-electron chi connectivity index (χ2n) is 7.60. The average Bonchev–Trinajstić information content (AvgIpc) is 2.94. The summed E-state index contributed by atoms with van der Waals surface area (Å²) in [5.41, 5.74) is 2.15. The zero-order valence-electron chi connectivity index (χ0n) is 15.6. The van der Waals surface area contributed by atoms with Crippen LogP contribution in [0.3, 0.4) is 0 Å². The van der Waals surface area contributed by atoms with Crippen molar-refractivity contribution in [3.63, 3.8) is 0 Å². The summed E-state index contributed by atoms with van der Waals surface area (Å²) < 4.78 is 0. The molecule has 0 bridgehead atoms. The fourth-order valence-electron chi connectivity index (χ4n) is 4.33. The molecule has 3 amide bonds. The van der Waals surface area contributed by atoms with Gasteiger partial charge in [0.05, 0.1) is 0 Å². The molecule has 4 nitrogen and oxygen atoms in total. The van der Waals surface area contributed by atoms with Gasteiger partial charge >= 0.3 is 6.03 Å². The van der Waals surface area contributed by atoms with Gasteiger partial charge in [-0.3, -0.25) is 9.69 Å². The molecule has 4 rings (SSSR count). The fourth-order valence-corrected chi connectivity index (χ4v) is 4.33. The van der Waals surface area contributed by atoms with Gasteiger partial charge < -0.3 is 4.90 Å². The molecule has 1 aliphatic carbocycles. The minimum Gasteiger partial charge on any atom is -0.308 e. The molecule has 0 spiro atoms. The molecule has 1 atom stereocenters. The molecule has 2 aromatic carbocycles. The van der Waals surface area contributed by atoms with E-state index in [0.717, 1.165) is 36.8 Å². The SMILES string of the molecule is O=C1[C@@H](Cc2ccccc2)N(Cc2ccccc2)C(=O)N1C1CCCCC1. The first-order valence-electron chi connectivity index (χ1n) is 9.95. The summed E-state index contributed by atoms with van der Waals surface area (Å²) in [5, 5.41) is 0. The Morgan fingerprint density at radius 3 is 2.00 bits per heavy atom. The lowest BCUT2D eigenvalue weighted by Gasteiger charge is -2.29. The third kappa shape index (κ3) is 3.75. The van der Waals surface area contributed by atoms with Crippen LogP contribution in [0, 0.1) is 0 Å². The first-order valence-corrected chi connectivity index (χ1v) is 9.95. The van der Waals surface area contributed by atoms with Gasteiger partial charge in [0.1, 0.15) is 6.04 Å². The monoisotopic (exact) mass is 362 g/mol. The van der Waals surface area contributed by atoms with Crippen LogP contribution in [0.25, 0.3) is 0 Å². The zero-order chi connectivity index (χ0) is 18.6. The van der Waals surface area contributed by atoms with Crippen LogP contribution in [-0.4, -0.2) is 33.8 Å². The maximum Gasteiger partial charge on any atom is 0.328 e. The van der Waals surface area contributed by atoms with Crippen LogP contribution in [0.4, 0.5) is 4.79 Å². The number of nitrogens with zero attached hydrogens (tertiary/aromatic N) is 2. The number of hydrogen-bond acceptors (Lipinski definition) is 2. The van der Waals surface area contributed by atoms with Crippen LogP contribution >= 0.6 is 0 Å². The number of urea groups is 1. The Kier molecular flexibility index (Phi) is 5.23. The predicted octanol–water partition coefficient (Wildman–Crippen LogP) is 4.39.